The number of alkyl halides is 3. The zero-order valence-corrected chi connectivity index (χ0v) is 25.7. The van der Waals surface area contributed by atoms with E-state index in [-0.39, 0.29) is 6.42 Å². The Kier molecular flexibility index (Phi) is 11.6. The van der Waals surface area contributed by atoms with E-state index in [4.69, 9.17) is 27.2 Å². The first-order chi connectivity index (χ1) is 20.1. The summed E-state index contributed by atoms with van der Waals surface area (Å²) in [6.45, 7) is 10.5. The maximum Gasteiger partial charge on any atom is 0.522 e. The fraction of sp³-hybridized carbons (Fsp3) is 0.464. The van der Waals surface area contributed by atoms with E-state index in [1.165, 1.54) is 0 Å². The van der Waals surface area contributed by atoms with Crippen molar-refractivity contribution in [3.63, 3.8) is 0 Å². The van der Waals surface area contributed by atoms with Gasteiger partial charge in [-0.15, -0.1) is 10.2 Å². The van der Waals surface area contributed by atoms with Crippen LogP contribution >= 0.6 is 0 Å². The number of ether oxygens (including phenoxy) is 3. The van der Waals surface area contributed by atoms with Crippen molar-refractivity contribution in [2.24, 2.45) is 15.4 Å². The lowest BCUT2D eigenvalue weighted by atomic mass is 9.83. The van der Waals surface area contributed by atoms with Crippen LogP contribution in [0.25, 0.3) is 0 Å². The van der Waals surface area contributed by atoms with Crippen molar-refractivity contribution in [2.45, 2.75) is 82.4 Å². The van der Waals surface area contributed by atoms with E-state index in [2.05, 4.69) is 20.8 Å². The molecule has 0 radical (unpaired) electrons. The minimum atomic E-state index is -5.84. The van der Waals surface area contributed by atoms with Gasteiger partial charge in [0.15, 0.2) is 5.54 Å². The third kappa shape index (κ3) is 11.2. The average Bonchev–Trinajstić information content (AvgIpc) is 3.37. The normalized spacial score (nSPS) is 18.0. The third-order valence-corrected chi connectivity index (χ3v) is 5.97. The van der Waals surface area contributed by atoms with E-state index >= 15 is 0 Å². The number of nitrogens with one attached hydrogen (secondary N) is 1. The van der Waals surface area contributed by atoms with E-state index in [1.54, 1.807) is 59.9 Å². The summed E-state index contributed by atoms with van der Waals surface area (Å²) in [5.74, 6) is -0.0568. The van der Waals surface area contributed by atoms with Gasteiger partial charge in [0.1, 0.15) is 29.1 Å². The predicted molar refractivity (Wildman–Crippen MR) is 154 cm³/mol. The average molecular weight is 645 g/mol. The first-order valence-electron chi connectivity index (χ1n) is 13.1. The van der Waals surface area contributed by atoms with Gasteiger partial charge in [0.05, 0.1) is 6.21 Å². The summed E-state index contributed by atoms with van der Waals surface area (Å²) in [7, 11) is -5.84. The first-order valence-corrected chi connectivity index (χ1v) is 14.6. The second-order valence-corrected chi connectivity index (χ2v) is 12.8. The fourth-order valence-electron chi connectivity index (χ4n) is 3.64. The zero-order valence-electron chi connectivity index (χ0n) is 24.9. The van der Waals surface area contributed by atoms with Crippen LogP contribution < -0.4 is 10.1 Å². The molecule has 242 valence electrons. The fourth-order valence-corrected chi connectivity index (χ4v) is 3.64. The van der Waals surface area contributed by atoms with Crippen LogP contribution in [0.4, 0.5) is 18.0 Å². The monoisotopic (exact) mass is 644 g/mol. The van der Waals surface area contributed by atoms with Gasteiger partial charge in [-0.25, -0.2) is 9.59 Å². The summed E-state index contributed by atoms with van der Waals surface area (Å²) in [5.41, 5.74) is -7.41. The molecule has 0 bridgehead atoms. The smallest absolute Gasteiger partial charge is 0.487 e. The maximum absolute atomic E-state index is 13.3. The molecule has 0 saturated carbocycles. The van der Waals surface area contributed by atoms with E-state index in [9.17, 15) is 22.8 Å². The lowest BCUT2D eigenvalue weighted by molar-refractivity contribution is -0.158. The Morgan fingerprint density at radius 3 is 1.84 bits per heavy atom. The van der Waals surface area contributed by atoms with Crippen LogP contribution in [-0.2, 0) is 29.9 Å². The highest BCUT2D eigenvalue weighted by atomic mass is 32.2. The summed E-state index contributed by atoms with van der Waals surface area (Å²) in [5, 5.41) is 15.0. The highest BCUT2D eigenvalue weighted by molar-refractivity contribution is 7.86. The van der Waals surface area contributed by atoms with Crippen molar-refractivity contribution in [3.8, 4) is 5.75 Å². The zero-order chi connectivity index (χ0) is 33.4. The number of halogens is 3. The van der Waals surface area contributed by atoms with Gasteiger partial charge in [0.2, 0.25) is 0 Å². The molecule has 2 aromatic carbocycles. The molecular formula is C28H35F3N4O8S. The Balaban J connectivity index is 0.000000742. The van der Waals surface area contributed by atoms with Crippen LogP contribution in [0.3, 0.4) is 0 Å². The summed E-state index contributed by atoms with van der Waals surface area (Å²) < 4.78 is 75.0. The quantitative estimate of drug-likeness (QED) is 0.207. The molecule has 2 aromatic rings. The molecule has 1 aliphatic rings. The number of carbonyl (C=O) groups is 2. The molecule has 0 fully saturated rings. The van der Waals surface area contributed by atoms with Crippen LogP contribution in [0.2, 0.25) is 0 Å². The van der Waals surface area contributed by atoms with Crippen molar-refractivity contribution in [1.29, 1.82) is 0 Å². The molecular weight excluding hydrogens is 609 g/mol. The van der Waals surface area contributed by atoms with Crippen LogP contribution in [0.5, 0.6) is 5.75 Å². The highest BCUT2D eigenvalue weighted by Gasteiger charge is 2.47. The van der Waals surface area contributed by atoms with Crippen LogP contribution in [0, 0.1) is 0 Å². The van der Waals surface area contributed by atoms with E-state index < -0.39 is 56.6 Å². The van der Waals surface area contributed by atoms with Gasteiger partial charge in [0.25, 0.3) is 0 Å². The summed E-state index contributed by atoms with van der Waals surface area (Å²) in [4.78, 5) is 26.0. The second kappa shape index (κ2) is 14.2. The Morgan fingerprint density at radius 1 is 0.909 bits per heavy atom. The third-order valence-electron chi connectivity index (χ3n) is 5.39. The molecule has 2 N–H and O–H groups in total. The molecule has 16 heteroatoms. The van der Waals surface area contributed by atoms with Gasteiger partial charge in [0, 0.05) is 6.42 Å². The molecule has 0 aliphatic carbocycles. The van der Waals surface area contributed by atoms with E-state index in [0.717, 1.165) is 5.56 Å². The van der Waals surface area contributed by atoms with Gasteiger partial charge < -0.3 is 19.5 Å². The standard InChI is InChI=1S/C27H34N4O5.CHF3O3S/c1-25(2,3)35-23(32)21(29-24(33)36-26(4,5)6)17-22(34-20-15-11-8-12-16-20)27(18-28-31-30-27)19-13-9-7-10-14-19;2-1(3,4)8(5,6)7/h7-16,18,21-22H,17H2,1-6H3,(H,29,33);(H,5,6,7). The molecule has 0 aromatic heterocycles. The van der Waals surface area contributed by atoms with Crippen molar-refractivity contribution in [2.75, 3.05) is 0 Å². The minimum Gasteiger partial charge on any atom is -0.487 e. The van der Waals surface area contributed by atoms with Crippen LogP contribution in [-0.4, -0.2) is 60.1 Å². The Hall–Kier alpha value is -4.05. The van der Waals surface area contributed by atoms with Gasteiger partial charge in [-0.2, -0.15) is 21.6 Å². The molecule has 3 rings (SSSR count). The largest absolute Gasteiger partial charge is 0.522 e. The minimum absolute atomic E-state index is 0.00296. The molecule has 3 unspecified atom stereocenters. The number of alkyl carbamates (subject to hydrolysis) is 1. The SMILES string of the molecule is CC(C)(C)OC(=O)NC(CC(Oc1ccccc1)C1(c2ccccc2)C=NN=N1)C(=O)OC(C)(C)C.O=S(=O)(O)C(F)(F)F. The number of nitrogens with zero attached hydrogens (tertiary/aromatic N) is 3. The highest BCUT2D eigenvalue weighted by Crippen LogP contribution is 2.36. The van der Waals surface area contributed by atoms with Crippen molar-refractivity contribution in [3.05, 3.63) is 66.2 Å². The Morgan fingerprint density at radius 2 is 1.41 bits per heavy atom. The topological polar surface area (TPSA) is 165 Å². The summed E-state index contributed by atoms with van der Waals surface area (Å²) in [6.07, 6.45) is 0.0653. The van der Waals surface area contributed by atoms with Gasteiger partial charge in [-0.1, -0.05) is 48.5 Å². The maximum atomic E-state index is 13.3. The van der Waals surface area contributed by atoms with Crippen molar-refractivity contribution >= 4 is 28.4 Å². The Bertz CT molecular complexity index is 1410. The molecule has 44 heavy (non-hydrogen) atoms. The van der Waals surface area contributed by atoms with Crippen LogP contribution in [0.1, 0.15) is 53.5 Å². The van der Waals surface area contributed by atoms with Gasteiger partial charge in [-0.3, -0.25) is 4.55 Å². The predicted octanol–water partition coefficient (Wildman–Crippen LogP) is 5.80. The van der Waals surface area contributed by atoms with Crippen LogP contribution in [0.15, 0.2) is 76.1 Å². The number of amides is 1. The van der Waals surface area contributed by atoms with E-state index in [0.29, 0.717) is 5.75 Å². The number of hydrogen-bond donors (Lipinski definition) is 2. The molecule has 1 heterocycles. The molecule has 0 spiro atoms. The molecule has 3 atom stereocenters. The molecule has 1 aliphatic heterocycles. The number of carbonyl (C=O) groups excluding carboxylic acids is 2. The lowest BCUT2D eigenvalue weighted by Crippen LogP contribution is -2.52. The van der Waals surface area contributed by atoms with Crippen molar-refractivity contribution in [1.82, 2.24) is 5.32 Å². The Labute approximate surface area is 253 Å². The van der Waals surface area contributed by atoms with Crippen molar-refractivity contribution < 1.29 is 49.9 Å². The molecule has 0 saturated heterocycles. The number of para-hydroxylation sites is 1. The van der Waals surface area contributed by atoms with Gasteiger partial charge >= 0.3 is 27.7 Å². The second-order valence-electron chi connectivity index (χ2n) is 11.4. The molecule has 12 nitrogen and oxygen atoms in total. The summed E-state index contributed by atoms with van der Waals surface area (Å²) >= 11 is 0. The van der Waals surface area contributed by atoms with E-state index in [1.807, 2.05) is 48.5 Å². The number of hydrogen-bond acceptors (Lipinski definition) is 10. The lowest BCUT2D eigenvalue weighted by Gasteiger charge is -2.34. The van der Waals surface area contributed by atoms with Gasteiger partial charge in [-0.05, 0) is 64.5 Å². The molecule has 1 amide bonds. The first kappa shape index (κ1) is 36.1. The summed E-state index contributed by atoms with van der Waals surface area (Å²) in [6, 6.07) is 17.5. The number of esters is 1. The number of benzene rings is 2. The number of rotatable bonds is 8.